The highest BCUT2D eigenvalue weighted by Crippen LogP contribution is 2.13. The number of nitrogens with zero attached hydrogens (tertiary/aromatic N) is 1. The molecule has 1 N–H and O–H groups in total. The molecule has 0 saturated carbocycles. The number of ether oxygens (including phenoxy) is 1. The van der Waals surface area contributed by atoms with Gasteiger partial charge in [-0.15, -0.1) is 0 Å². The van der Waals surface area contributed by atoms with E-state index in [1.807, 2.05) is 6.07 Å². The summed E-state index contributed by atoms with van der Waals surface area (Å²) in [4.78, 5) is 11.8. The lowest BCUT2D eigenvalue weighted by Gasteiger charge is -2.07. The molecule has 0 saturated heterocycles. The number of halogens is 1. The fraction of sp³-hybridized carbons (Fsp3) is 0.176. The Hall–Kier alpha value is -2.40. The third-order valence-corrected chi connectivity index (χ3v) is 4.96. The van der Waals surface area contributed by atoms with Crippen LogP contribution in [0.2, 0.25) is 5.02 Å². The summed E-state index contributed by atoms with van der Waals surface area (Å²) in [6.45, 7) is -0.00829. The molecule has 0 atom stereocenters. The van der Waals surface area contributed by atoms with E-state index in [-0.39, 0.29) is 24.5 Å². The van der Waals surface area contributed by atoms with Crippen molar-refractivity contribution in [1.29, 1.82) is 5.26 Å². The van der Waals surface area contributed by atoms with Gasteiger partial charge in [0, 0.05) is 11.6 Å². The molecule has 8 heteroatoms. The number of carbonyl (C=O) groups excluding carboxylic acids is 1. The minimum Gasteiger partial charge on any atom is -0.461 e. The first-order chi connectivity index (χ1) is 11.9. The number of nitrogens with one attached hydrogen (secondary N) is 1. The lowest BCUT2D eigenvalue weighted by molar-refractivity contribution is -0.144. The molecule has 6 nitrogen and oxygen atoms in total. The van der Waals surface area contributed by atoms with Crippen LogP contribution in [0.15, 0.2) is 53.4 Å². The second-order valence-corrected chi connectivity index (χ2v) is 7.27. The highest BCUT2D eigenvalue weighted by atomic mass is 35.5. The molecule has 0 aliphatic rings. The van der Waals surface area contributed by atoms with E-state index < -0.39 is 16.0 Å². The molecule has 0 radical (unpaired) electrons. The van der Waals surface area contributed by atoms with E-state index in [0.717, 1.165) is 5.56 Å². The summed E-state index contributed by atoms with van der Waals surface area (Å²) in [5.74, 6) is -0.525. The van der Waals surface area contributed by atoms with Gasteiger partial charge in [0.25, 0.3) is 0 Å². The van der Waals surface area contributed by atoms with Gasteiger partial charge < -0.3 is 4.74 Å². The Morgan fingerprint density at radius 2 is 1.76 bits per heavy atom. The SMILES string of the molecule is N#Cc1ccc(COC(=O)CCNS(=O)(=O)c2ccc(Cl)cc2)cc1. The molecule has 25 heavy (non-hydrogen) atoms. The number of nitriles is 1. The highest BCUT2D eigenvalue weighted by molar-refractivity contribution is 7.89. The summed E-state index contributed by atoms with van der Waals surface area (Å²) in [5.41, 5.74) is 1.26. The van der Waals surface area contributed by atoms with Crippen LogP contribution in [0.4, 0.5) is 0 Å². The first-order valence-electron chi connectivity index (χ1n) is 7.30. The Balaban J connectivity index is 1.77. The standard InChI is InChI=1S/C17H15ClN2O4S/c18-15-5-7-16(8-6-15)25(22,23)20-10-9-17(21)24-12-14-3-1-13(11-19)2-4-14/h1-8,20H,9-10,12H2. The van der Waals surface area contributed by atoms with E-state index in [9.17, 15) is 13.2 Å². The Kier molecular flexibility index (Phi) is 6.53. The van der Waals surface area contributed by atoms with Crippen molar-refractivity contribution in [1.82, 2.24) is 4.72 Å². The van der Waals surface area contributed by atoms with Crippen LogP contribution in [0.3, 0.4) is 0 Å². The van der Waals surface area contributed by atoms with Gasteiger partial charge in [0.15, 0.2) is 0 Å². The Bertz CT molecular complexity index is 872. The predicted molar refractivity (Wildman–Crippen MR) is 92.2 cm³/mol. The number of hydrogen-bond donors (Lipinski definition) is 1. The number of benzene rings is 2. The van der Waals surface area contributed by atoms with Crippen LogP contribution in [0, 0.1) is 11.3 Å². The molecule has 0 bridgehead atoms. The van der Waals surface area contributed by atoms with Crippen LogP contribution >= 0.6 is 11.6 Å². The molecular weight excluding hydrogens is 364 g/mol. The van der Waals surface area contributed by atoms with E-state index in [2.05, 4.69) is 4.72 Å². The minimum atomic E-state index is -3.69. The largest absolute Gasteiger partial charge is 0.461 e. The van der Waals surface area contributed by atoms with E-state index in [1.54, 1.807) is 24.3 Å². The van der Waals surface area contributed by atoms with Crippen molar-refractivity contribution < 1.29 is 17.9 Å². The fourth-order valence-electron chi connectivity index (χ4n) is 1.90. The molecule has 130 valence electrons. The minimum absolute atomic E-state index is 0.0640. The smallest absolute Gasteiger partial charge is 0.307 e. The summed E-state index contributed by atoms with van der Waals surface area (Å²) >= 11 is 5.72. The van der Waals surface area contributed by atoms with E-state index in [0.29, 0.717) is 10.6 Å². The molecule has 0 amide bonds. The molecule has 0 unspecified atom stereocenters. The number of rotatable bonds is 7. The molecule has 0 spiro atoms. The summed E-state index contributed by atoms with van der Waals surface area (Å²) in [5, 5.41) is 9.14. The molecule has 0 aliphatic carbocycles. The van der Waals surface area contributed by atoms with Crippen molar-refractivity contribution in [2.45, 2.75) is 17.9 Å². The van der Waals surface area contributed by atoms with Crippen molar-refractivity contribution in [3.05, 3.63) is 64.7 Å². The molecule has 2 aromatic carbocycles. The predicted octanol–water partition coefficient (Wildman–Crippen LogP) is 2.62. The summed E-state index contributed by atoms with van der Waals surface area (Å²) < 4.78 is 31.5. The van der Waals surface area contributed by atoms with Crippen molar-refractivity contribution in [2.75, 3.05) is 6.54 Å². The van der Waals surface area contributed by atoms with E-state index in [1.165, 1.54) is 24.3 Å². The first-order valence-corrected chi connectivity index (χ1v) is 9.17. The van der Waals surface area contributed by atoms with Gasteiger partial charge in [-0.2, -0.15) is 5.26 Å². The maximum atomic E-state index is 12.0. The van der Waals surface area contributed by atoms with Gasteiger partial charge in [0.05, 0.1) is 22.9 Å². The zero-order chi connectivity index (χ0) is 18.3. The summed E-state index contributed by atoms with van der Waals surface area (Å²) in [6.07, 6.45) is -0.0941. The van der Waals surface area contributed by atoms with E-state index >= 15 is 0 Å². The fourth-order valence-corrected chi connectivity index (χ4v) is 3.05. The van der Waals surface area contributed by atoms with Crippen molar-refractivity contribution in [3.63, 3.8) is 0 Å². The zero-order valence-electron chi connectivity index (χ0n) is 13.1. The second kappa shape index (κ2) is 8.62. The number of sulfonamides is 1. The third-order valence-electron chi connectivity index (χ3n) is 3.23. The topological polar surface area (TPSA) is 96.3 Å². The Labute approximate surface area is 151 Å². The maximum absolute atomic E-state index is 12.0. The van der Waals surface area contributed by atoms with Crippen molar-refractivity contribution in [3.8, 4) is 6.07 Å². The normalized spacial score (nSPS) is 10.9. The van der Waals surface area contributed by atoms with Crippen LogP contribution < -0.4 is 4.72 Å². The third kappa shape index (κ3) is 5.87. The summed E-state index contributed by atoms with van der Waals surface area (Å²) in [6, 6.07) is 14.3. The number of carbonyl (C=O) groups is 1. The molecule has 2 aromatic rings. The van der Waals surface area contributed by atoms with Gasteiger partial charge in [-0.25, -0.2) is 13.1 Å². The van der Waals surface area contributed by atoms with Crippen molar-refractivity contribution in [2.24, 2.45) is 0 Å². The summed E-state index contributed by atoms with van der Waals surface area (Å²) in [7, 11) is -3.69. The van der Waals surface area contributed by atoms with Gasteiger partial charge in [0.2, 0.25) is 10.0 Å². The van der Waals surface area contributed by atoms with Crippen LogP contribution in [0.25, 0.3) is 0 Å². The van der Waals surface area contributed by atoms with Gasteiger partial charge in [-0.05, 0) is 42.0 Å². The molecule has 2 rings (SSSR count). The molecule has 0 fully saturated rings. The lowest BCUT2D eigenvalue weighted by Crippen LogP contribution is -2.26. The van der Waals surface area contributed by atoms with E-state index in [4.69, 9.17) is 21.6 Å². The van der Waals surface area contributed by atoms with Crippen LogP contribution in [-0.4, -0.2) is 20.9 Å². The van der Waals surface area contributed by atoms with Crippen LogP contribution in [-0.2, 0) is 26.2 Å². The van der Waals surface area contributed by atoms with Gasteiger partial charge in [-0.3, -0.25) is 4.79 Å². The van der Waals surface area contributed by atoms with Gasteiger partial charge in [0.1, 0.15) is 6.61 Å². The molecule has 0 aliphatic heterocycles. The average Bonchev–Trinajstić information content (AvgIpc) is 2.60. The molecule has 0 aromatic heterocycles. The lowest BCUT2D eigenvalue weighted by atomic mass is 10.2. The second-order valence-electron chi connectivity index (χ2n) is 5.07. The quantitative estimate of drug-likeness (QED) is 0.747. The van der Waals surface area contributed by atoms with Crippen LogP contribution in [0.1, 0.15) is 17.5 Å². The van der Waals surface area contributed by atoms with Gasteiger partial charge >= 0.3 is 5.97 Å². The monoisotopic (exact) mass is 378 g/mol. The first kappa shape index (κ1) is 18.9. The number of esters is 1. The zero-order valence-corrected chi connectivity index (χ0v) is 14.7. The number of hydrogen-bond acceptors (Lipinski definition) is 5. The highest BCUT2D eigenvalue weighted by Gasteiger charge is 2.14. The molecular formula is C17H15ClN2O4S. The maximum Gasteiger partial charge on any atom is 0.307 e. The molecule has 0 heterocycles. The Morgan fingerprint density at radius 1 is 1.12 bits per heavy atom. The van der Waals surface area contributed by atoms with Gasteiger partial charge in [-0.1, -0.05) is 23.7 Å². The van der Waals surface area contributed by atoms with Crippen molar-refractivity contribution >= 4 is 27.6 Å². The average molecular weight is 379 g/mol. The van der Waals surface area contributed by atoms with Crippen LogP contribution in [0.5, 0.6) is 0 Å². The Morgan fingerprint density at radius 3 is 2.36 bits per heavy atom.